The zero-order valence-electron chi connectivity index (χ0n) is 14.9. The van der Waals surface area contributed by atoms with Crippen LogP contribution in [-0.4, -0.2) is 30.2 Å². The second-order valence-corrected chi connectivity index (χ2v) is 5.53. The highest BCUT2D eigenvalue weighted by Crippen LogP contribution is 2.17. The lowest BCUT2D eigenvalue weighted by molar-refractivity contribution is -0.204. The molecule has 0 aromatic heterocycles. The lowest BCUT2D eigenvalue weighted by Crippen LogP contribution is -2.51. The number of ketones is 1. The average Bonchev–Trinajstić information content (AvgIpc) is 2.68. The monoisotopic (exact) mass is 383 g/mol. The summed E-state index contributed by atoms with van der Waals surface area (Å²) in [6, 6.07) is 14.5. The fraction of sp³-hybridized carbons (Fsp3) is 0.100. The fourth-order valence-electron chi connectivity index (χ4n) is 2.15. The van der Waals surface area contributed by atoms with Gasteiger partial charge in [0.05, 0.1) is 0 Å². The van der Waals surface area contributed by atoms with Gasteiger partial charge in [-0.15, -0.1) is 0 Å². The van der Waals surface area contributed by atoms with Crippen LogP contribution in [0.3, 0.4) is 0 Å². The van der Waals surface area contributed by atoms with Crippen LogP contribution in [0.15, 0.2) is 67.3 Å². The van der Waals surface area contributed by atoms with Crippen LogP contribution in [0.1, 0.15) is 22.8 Å². The molecule has 2 aromatic carbocycles. The number of hydrogen-bond acceptors (Lipinski definition) is 7. The van der Waals surface area contributed by atoms with Gasteiger partial charge < -0.3 is 14.2 Å². The van der Waals surface area contributed by atoms with Gasteiger partial charge in [-0.25, -0.2) is 4.79 Å². The largest absolute Gasteiger partial charge is 0.518 e. The van der Waals surface area contributed by atoms with Gasteiger partial charge in [-0.2, -0.15) is 0 Å². The van der Waals surface area contributed by atoms with Gasteiger partial charge in [-0.05, 0) is 30.3 Å². The third-order valence-corrected chi connectivity index (χ3v) is 3.44. The maximum atomic E-state index is 12.3. The summed E-state index contributed by atoms with van der Waals surface area (Å²) in [6.07, 6.45) is -0.334. The predicted octanol–water partition coefficient (Wildman–Crippen LogP) is 2.58. The van der Waals surface area contributed by atoms with Crippen molar-refractivity contribution in [1.29, 1.82) is 0 Å². The highest BCUT2D eigenvalue weighted by Gasteiger charge is 2.33. The number of hydrogen-bond donors (Lipinski definition) is 1. The molecule has 0 radical (unpaired) electrons. The normalized spacial score (nSPS) is 12.0. The number of carbonyl (C=O) groups is 4. The number of nitrogens with one attached hydrogen (secondary N) is 1. The van der Waals surface area contributed by atoms with Crippen molar-refractivity contribution in [1.82, 2.24) is 5.32 Å². The molecular formula is C20H17NO7. The summed E-state index contributed by atoms with van der Waals surface area (Å²) in [7, 11) is 0. The maximum Gasteiger partial charge on any atom is 0.518 e. The maximum absolute atomic E-state index is 12.3. The van der Waals surface area contributed by atoms with Gasteiger partial charge in [0.15, 0.2) is 5.78 Å². The van der Waals surface area contributed by atoms with Crippen LogP contribution in [0.25, 0.3) is 0 Å². The van der Waals surface area contributed by atoms with Gasteiger partial charge in [-0.3, -0.25) is 19.7 Å². The number of benzene rings is 2. The van der Waals surface area contributed by atoms with Crippen LogP contribution in [0, 0.1) is 0 Å². The van der Waals surface area contributed by atoms with Crippen molar-refractivity contribution in [2.75, 3.05) is 0 Å². The van der Waals surface area contributed by atoms with Crippen LogP contribution < -0.4 is 10.1 Å². The molecular weight excluding hydrogens is 366 g/mol. The Labute approximate surface area is 160 Å². The van der Waals surface area contributed by atoms with Gasteiger partial charge in [-0.1, -0.05) is 36.9 Å². The first-order chi connectivity index (χ1) is 13.4. The molecule has 0 saturated carbocycles. The molecule has 2 aromatic rings. The number of rotatable bonds is 8. The summed E-state index contributed by atoms with van der Waals surface area (Å²) in [6.45, 7) is 4.37. The summed E-state index contributed by atoms with van der Waals surface area (Å²) < 4.78 is 14.4. The van der Waals surface area contributed by atoms with E-state index in [9.17, 15) is 19.2 Å². The van der Waals surface area contributed by atoms with E-state index in [0.29, 0.717) is 11.1 Å². The molecule has 1 N–H and O–H groups in total. The molecule has 0 aliphatic rings. The van der Waals surface area contributed by atoms with Crippen molar-refractivity contribution < 1.29 is 33.4 Å². The molecule has 0 fully saturated rings. The second-order valence-electron chi connectivity index (χ2n) is 5.53. The molecule has 1 unspecified atom stereocenters. The Kier molecular flexibility index (Phi) is 6.64. The van der Waals surface area contributed by atoms with E-state index >= 15 is 0 Å². The van der Waals surface area contributed by atoms with Crippen molar-refractivity contribution in [3.8, 4) is 5.75 Å². The van der Waals surface area contributed by atoms with Crippen LogP contribution in [0.5, 0.6) is 5.75 Å². The van der Waals surface area contributed by atoms with Crippen molar-refractivity contribution in [3.05, 3.63) is 78.4 Å². The molecule has 1 amide bonds. The predicted molar refractivity (Wildman–Crippen MR) is 97.3 cm³/mol. The molecule has 2 rings (SSSR count). The molecule has 8 nitrogen and oxygen atoms in total. The Morgan fingerprint density at radius 1 is 1.00 bits per heavy atom. The number of amides is 1. The van der Waals surface area contributed by atoms with Crippen molar-refractivity contribution in [2.45, 2.75) is 12.8 Å². The van der Waals surface area contributed by atoms with E-state index < -0.39 is 18.0 Å². The Morgan fingerprint density at radius 2 is 1.61 bits per heavy atom. The van der Waals surface area contributed by atoms with Crippen molar-refractivity contribution >= 4 is 24.3 Å². The van der Waals surface area contributed by atoms with Crippen LogP contribution in [0.4, 0.5) is 4.79 Å². The summed E-state index contributed by atoms with van der Waals surface area (Å²) >= 11 is 0. The first-order valence-corrected chi connectivity index (χ1v) is 8.03. The minimum absolute atomic E-state index is 0.000631. The zero-order valence-corrected chi connectivity index (χ0v) is 14.9. The Hall–Kier alpha value is -3.94. The Morgan fingerprint density at radius 3 is 2.18 bits per heavy atom. The molecule has 1 atom stereocenters. The fourth-order valence-corrected chi connectivity index (χ4v) is 2.15. The number of carbonyl (C=O) groups excluding carboxylic acids is 4. The average molecular weight is 383 g/mol. The standard InChI is InChI=1S/C20H17NO7/c1-3-17(23)21-20(2,26-13-22)28-19(25)27-16-11-9-15(10-12-16)18(24)14-7-5-4-6-8-14/h3-13H,1H2,2H3,(H,21,23). The molecule has 28 heavy (non-hydrogen) atoms. The first kappa shape index (κ1) is 20.4. The number of ether oxygens (including phenoxy) is 3. The molecule has 0 spiro atoms. The van der Waals surface area contributed by atoms with E-state index in [4.69, 9.17) is 9.47 Å². The Bertz CT molecular complexity index is 877. The highest BCUT2D eigenvalue weighted by atomic mass is 16.8. The van der Waals surface area contributed by atoms with Gasteiger partial charge in [0.25, 0.3) is 6.47 Å². The highest BCUT2D eigenvalue weighted by molar-refractivity contribution is 6.09. The molecule has 0 saturated heterocycles. The topological polar surface area (TPSA) is 108 Å². The Balaban J connectivity index is 2.03. The minimum Gasteiger partial charge on any atom is -0.406 e. The summed E-state index contributed by atoms with van der Waals surface area (Å²) in [5.74, 6) is -2.92. The molecule has 0 heterocycles. The lowest BCUT2D eigenvalue weighted by Gasteiger charge is -2.26. The van der Waals surface area contributed by atoms with Crippen LogP contribution in [0.2, 0.25) is 0 Å². The van der Waals surface area contributed by atoms with Crippen LogP contribution >= 0.6 is 0 Å². The van der Waals surface area contributed by atoms with Crippen molar-refractivity contribution in [2.24, 2.45) is 0 Å². The summed E-state index contributed by atoms with van der Waals surface area (Å²) in [4.78, 5) is 46.2. The van der Waals surface area contributed by atoms with E-state index in [1.807, 2.05) is 0 Å². The van der Waals surface area contributed by atoms with E-state index in [0.717, 1.165) is 13.0 Å². The van der Waals surface area contributed by atoms with Gasteiger partial charge in [0.1, 0.15) is 5.75 Å². The van der Waals surface area contributed by atoms with Crippen molar-refractivity contribution in [3.63, 3.8) is 0 Å². The van der Waals surface area contributed by atoms with E-state index in [1.54, 1.807) is 30.3 Å². The SMILES string of the molecule is C=CC(=O)NC(C)(OC=O)OC(=O)Oc1ccc(C(=O)c2ccccc2)cc1. The summed E-state index contributed by atoms with van der Waals surface area (Å²) in [5, 5.41) is 2.12. The van der Waals surface area contributed by atoms with E-state index in [-0.39, 0.29) is 18.0 Å². The van der Waals surface area contributed by atoms with Gasteiger partial charge >= 0.3 is 12.1 Å². The quantitative estimate of drug-likeness (QED) is 0.186. The van der Waals surface area contributed by atoms with E-state index in [1.165, 1.54) is 24.3 Å². The minimum atomic E-state index is -2.08. The third kappa shape index (κ3) is 5.53. The molecule has 144 valence electrons. The first-order valence-electron chi connectivity index (χ1n) is 8.03. The molecule has 0 aliphatic heterocycles. The van der Waals surface area contributed by atoms with E-state index in [2.05, 4.69) is 16.6 Å². The molecule has 0 bridgehead atoms. The lowest BCUT2D eigenvalue weighted by atomic mass is 10.0. The van der Waals surface area contributed by atoms with Crippen LogP contribution in [-0.2, 0) is 19.1 Å². The third-order valence-electron chi connectivity index (χ3n) is 3.44. The summed E-state index contributed by atoms with van der Waals surface area (Å²) in [5.41, 5.74) is 0.926. The van der Waals surface area contributed by atoms with Gasteiger partial charge in [0, 0.05) is 18.1 Å². The molecule has 8 heteroatoms. The second kappa shape index (κ2) is 9.13. The van der Waals surface area contributed by atoms with Gasteiger partial charge in [0.2, 0.25) is 5.91 Å². The zero-order chi connectivity index (χ0) is 20.6. The molecule has 0 aliphatic carbocycles. The smallest absolute Gasteiger partial charge is 0.406 e.